The molecule has 0 spiro atoms. The molecule has 2 aromatic rings. The largest absolute Gasteiger partial charge is 0.348 e. The van der Waals surface area contributed by atoms with Crippen molar-refractivity contribution < 1.29 is 17.6 Å². The topological polar surface area (TPSA) is 69.7 Å². The summed E-state index contributed by atoms with van der Waals surface area (Å²) in [6.07, 6.45) is 3.30. The number of anilines is 1. The van der Waals surface area contributed by atoms with Crippen molar-refractivity contribution in [1.29, 1.82) is 0 Å². The number of carbonyl (C=O) groups is 1. The Morgan fingerprint density at radius 2 is 1.87 bits per heavy atom. The molecule has 1 atom stereocenters. The first-order valence-corrected chi connectivity index (χ1v) is 11.7. The molecule has 1 aliphatic carbocycles. The van der Waals surface area contributed by atoms with Crippen LogP contribution in [0.15, 0.2) is 47.4 Å². The fourth-order valence-electron chi connectivity index (χ4n) is 3.73. The van der Waals surface area contributed by atoms with E-state index in [2.05, 4.69) is 10.2 Å². The van der Waals surface area contributed by atoms with Gasteiger partial charge < -0.3 is 5.32 Å². The number of hydrogen-bond acceptors (Lipinski definition) is 4. The van der Waals surface area contributed by atoms with Gasteiger partial charge in [0.2, 0.25) is 0 Å². The summed E-state index contributed by atoms with van der Waals surface area (Å²) in [5.74, 6) is -0.841. The summed E-state index contributed by atoms with van der Waals surface area (Å²) >= 11 is 6.21. The van der Waals surface area contributed by atoms with E-state index in [1.54, 1.807) is 0 Å². The number of carbonyl (C=O) groups excluding carboxylic acids is 1. The molecule has 1 unspecified atom stereocenters. The van der Waals surface area contributed by atoms with E-state index in [9.17, 15) is 17.6 Å². The molecule has 1 N–H and O–H groups in total. The lowest BCUT2D eigenvalue weighted by atomic mass is 10.2. The predicted octanol–water partition coefficient (Wildman–Crippen LogP) is 3.27. The van der Waals surface area contributed by atoms with Crippen LogP contribution in [-0.2, 0) is 10.0 Å². The van der Waals surface area contributed by atoms with Crippen molar-refractivity contribution in [3.05, 3.63) is 58.9 Å². The normalized spacial score (nSPS) is 19.6. The predicted molar refractivity (Wildman–Crippen MR) is 114 cm³/mol. The maximum absolute atomic E-state index is 13.2. The van der Waals surface area contributed by atoms with E-state index in [-0.39, 0.29) is 27.4 Å². The van der Waals surface area contributed by atoms with Gasteiger partial charge in [0.1, 0.15) is 5.82 Å². The second-order valence-corrected chi connectivity index (χ2v) is 10.2. The van der Waals surface area contributed by atoms with E-state index in [0.717, 1.165) is 23.8 Å². The molecule has 6 nitrogen and oxygen atoms in total. The standard InChI is InChI=1S/C21H23ClFN3O3S/c1-25(16-4-2-14(23)3-5-16)30(28,29)18-8-9-20(22)19(12-18)21(27)24-15-10-11-26(13-15)17-6-7-17/h2-5,8-9,12,15,17H,6-7,10-11,13H2,1H3,(H,24,27). The minimum absolute atomic E-state index is 0.0244. The number of rotatable bonds is 6. The Morgan fingerprint density at radius 3 is 2.53 bits per heavy atom. The van der Waals surface area contributed by atoms with Gasteiger partial charge in [-0.3, -0.25) is 14.0 Å². The molecular weight excluding hydrogens is 429 g/mol. The Hall–Kier alpha value is -2.16. The maximum atomic E-state index is 13.2. The average molecular weight is 452 g/mol. The molecule has 1 heterocycles. The monoisotopic (exact) mass is 451 g/mol. The van der Waals surface area contributed by atoms with Crippen LogP contribution in [0.5, 0.6) is 0 Å². The molecule has 0 bridgehead atoms. The zero-order valence-electron chi connectivity index (χ0n) is 16.5. The van der Waals surface area contributed by atoms with Crippen LogP contribution in [0.4, 0.5) is 10.1 Å². The van der Waals surface area contributed by atoms with Gasteiger partial charge in [0.15, 0.2) is 0 Å². The van der Waals surface area contributed by atoms with Crippen molar-refractivity contribution in [1.82, 2.24) is 10.2 Å². The summed E-state index contributed by atoms with van der Waals surface area (Å²) in [7, 11) is -2.58. The van der Waals surface area contributed by atoms with Gasteiger partial charge in [0.05, 0.1) is 21.2 Å². The van der Waals surface area contributed by atoms with Crippen LogP contribution < -0.4 is 9.62 Å². The summed E-state index contributed by atoms with van der Waals surface area (Å²) in [5.41, 5.74) is 0.429. The van der Waals surface area contributed by atoms with Crippen molar-refractivity contribution in [3.8, 4) is 0 Å². The van der Waals surface area contributed by atoms with Gasteiger partial charge in [0.25, 0.3) is 15.9 Å². The van der Waals surface area contributed by atoms with Gasteiger partial charge in [0, 0.05) is 32.2 Å². The third-order valence-corrected chi connectivity index (χ3v) is 7.76. The minimum atomic E-state index is -3.95. The molecule has 1 saturated heterocycles. The van der Waals surface area contributed by atoms with Crippen LogP contribution in [0.3, 0.4) is 0 Å². The molecule has 1 amide bonds. The van der Waals surface area contributed by atoms with Crippen LogP contribution >= 0.6 is 11.6 Å². The lowest BCUT2D eigenvalue weighted by Crippen LogP contribution is -2.37. The minimum Gasteiger partial charge on any atom is -0.348 e. The first-order chi connectivity index (χ1) is 14.3. The zero-order valence-corrected chi connectivity index (χ0v) is 18.1. The van der Waals surface area contributed by atoms with E-state index in [0.29, 0.717) is 11.7 Å². The molecular formula is C21H23ClFN3O3S. The molecule has 2 fully saturated rings. The Labute approximate surface area is 180 Å². The first-order valence-electron chi connectivity index (χ1n) is 9.84. The number of amides is 1. The molecule has 2 aromatic carbocycles. The summed E-state index contributed by atoms with van der Waals surface area (Å²) in [6.45, 7) is 1.76. The van der Waals surface area contributed by atoms with Gasteiger partial charge in [-0.1, -0.05) is 11.6 Å². The maximum Gasteiger partial charge on any atom is 0.264 e. The van der Waals surface area contributed by atoms with Crippen LogP contribution in [-0.4, -0.2) is 51.4 Å². The molecule has 0 radical (unpaired) electrons. The number of sulfonamides is 1. The Balaban J connectivity index is 1.53. The highest BCUT2D eigenvalue weighted by Crippen LogP contribution is 2.30. The second-order valence-electron chi connectivity index (χ2n) is 7.78. The summed E-state index contributed by atoms with van der Waals surface area (Å²) in [5, 5.41) is 3.17. The van der Waals surface area contributed by atoms with E-state index in [4.69, 9.17) is 11.6 Å². The van der Waals surface area contributed by atoms with Crippen LogP contribution in [0.1, 0.15) is 29.6 Å². The molecule has 160 valence electrons. The number of nitrogens with one attached hydrogen (secondary N) is 1. The van der Waals surface area contributed by atoms with Crippen molar-refractivity contribution in [2.24, 2.45) is 0 Å². The lowest BCUT2D eigenvalue weighted by Gasteiger charge is -2.20. The number of benzene rings is 2. The quantitative estimate of drug-likeness (QED) is 0.731. The smallest absolute Gasteiger partial charge is 0.264 e. The highest BCUT2D eigenvalue weighted by Gasteiger charge is 2.35. The zero-order chi connectivity index (χ0) is 21.5. The number of likely N-dealkylation sites (tertiary alicyclic amines) is 1. The number of nitrogens with zero attached hydrogens (tertiary/aromatic N) is 2. The van der Waals surface area contributed by atoms with E-state index in [1.807, 2.05) is 0 Å². The van der Waals surface area contributed by atoms with Gasteiger partial charge in [-0.15, -0.1) is 0 Å². The van der Waals surface area contributed by atoms with E-state index >= 15 is 0 Å². The van der Waals surface area contributed by atoms with Crippen LogP contribution in [0.25, 0.3) is 0 Å². The Morgan fingerprint density at radius 1 is 1.17 bits per heavy atom. The van der Waals surface area contributed by atoms with Gasteiger partial charge in [-0.25, -0.2) is 12.8 Å². The summed E-state index contributed by atoms with van der Waals surface area (Å²) in [4.78, 5) is 15.1. The van der Waals surface area contributed by atoms with Gasteiger partial charge in [-0.05, 0) is 61.7 Å². The molecule has 2 aliphatic rings. The number of hydrogen-bond donors (Lipinski definition) is 1. The molecule has 30 heavy (non-hydrogen) atoms. The SMILES string of the molecule is CN(c1ccc(F)cc1)S(=O)(=O)c1ccc(Cl)c(C(=O)NC2CCN(C3CC3)C2)c1. The third-order valence-electron chi connectivity index (χ3n) is 5.65. The molecule has 0 aromatic heterocycles. The van der Waals surface area contributed by atoms with E-state index in [1.165, 1.54) is 62.4 Å². The third kappa shape index (κ3) is 4.31. The summed E-state index contributed by atoms with van der Waals surface area (Å²) in [6, 6.07) is 9.86. The van der Waals surface area contributed by atoms with Crippen LogP contribution in [0, 0.1) is 5.82 Å². The number of halogens is 2. The summed E-state index contributed by atoms with van der Waals surface area (Å²) < 4.78 is 40.3. The van der Waals surface area contributed by atoms with Crippen molar-refractivity contribution >= 4 is 33.2 Å². The first kappa shape index (κ1) is 21.1. The molecule has 9 heteroatoms. The average Bonchev–Trinajstić information content (AvgIpc) is 3.47. The van der Waals surface area contributed by atoms with Crippen LogP contribution in [0.2, 0.25) is 5.02 Å². The molecule has 1 aliphatic heterocycles. The molecule has 4 rings (SSSR count). The van der Waals surface area contributed by atoms with Crippen molar-refractivity contribution in [2.45, 2.75) is 36.2 Å². The Kier molecular flexibility index (Phi) is 5.74. The van der Waals surface area contributed by atoms with Crippen molar-refractivity contribution in [3.63, 3.8) is 0 Å². The molecule has 1 saturated carbocycles. The van der Waals surface area contributed by atoms with Crippen molar-refractivity contribution in [2.75, 3.05) is 24.4 Å². The van der Waals surface area contributed by atoms with Gasteiger partial charge >= 0.3 is 0 Å². The fraction of sp³-hybridized carbons (Fsp3) is 0.381. The highest BCUT2D eigenvalue weighted by atomic mass is 35.5. The van der Waals surface area contributed by atoms with Gasteiger partial charge in [-0.2, -0.15) is 0 Å². The van der Waals surface area contributed by atoms with E-state index < -0.39 is 15.8 Å². The lowest BCUT2D eigenvalue weighted by molar-refractivity contribution is 0.0937. The second kappa shape index (κ2) is 8.17. The highest BCUT2D eigenvalue weighted by molar-refractivity contribution is 7.92. The fourth-order valence-corrected chi connectivity index (χ4v) is 5.15. The Bertz CT molecular complexity index is 1060.